The van der Waals surface area contributed by atoms with Crippen molar-refractivity contribution >= 4 is 12.3 Å². The van der Waals surface area contributed by atoms with Crippen LogP contribution in [-0.2, 0) is 9.47 Å². The molecule has 1 amide bonds. The average molecular weight is 269 g/mol. The minimum absolute atomic E-state index is 0.384. The molecule has 6 nitrogen and oxygen atoms in total. The van der Waals surface area contributed by atoms with Crippen LogP contribution in [-0.4, -0.2) is 38.2 Å². The molecule has 0 atom stereocenters. The number of nitrogens with one attached hydrogen (secondary N) is 1. The van der Waals surface area contributed by atoms with Gasteiger partial charge in [0.1, 0.15) is 5.60 Å². The van der Waals surface area contributed by atoms with E-state index in [-0.39, 0.29) is 0 Å². The largest absolute Gasteiger partial charge is 0.444 e. The highest BCUT2D eigenvalue weighted by molar-refractivity contribution is 5.84. The normalized spacial score (nSPS) is 13.2. The summed E-state index contributed by atoms with van der Waals surface area (Å²) in [6, 6.07) is 0. The molecule has 0 spiro atoms. The van der Waals surface area contributed by atoms with Crippen molar-refractivity contribution in [3.8, 4) is 0 Å². The summed E-state index contributed by atoms with van der Waals surface area (Å²) in [5.41, 5.74) is 5.22. The summed E-state index contributed by atoms with van der Waals surface area (Å²) >= 11 is 0. The Hall–Kier alpha value is -1.82. The molecule has 0 aliphatic carbocycles. The molecule has 0 unspecified atom stereocenters. The number of carbonyl (C=O) groups is 1. The van der Waals surface area contributed by atoms with Crippen molar-refractivity contribution in [2.24, 2.45) is 10.7 Å². The molecule has 0 aromatic carbocycles. The fourth-order valence-electron chi connectivity index (χ4n) is 0.989. The maximum absolute atomic E-state index is 11.5. The van der Waals surface area contributed by atoms with E-state index >= 15 is 0 Å². The number of alkyl carbamates (subject to hydrolysis) is 1. The second-order valence-corrected chi connectivity index (χ2v) is 4.67. The van der Waals surface area contributed by atoms with E-state index in [1.165, 1.54) is 12.4 Å². The van der Waals surface area contributed by atoms with Crippen LogP contribution < -0.4 is 11.1 Å². The van der Waals surface area contributed by atoms with Crippen molar-refractivity contribution in [2.45, 2.75) is 26.4 Å². The van der Waals surface area contributed by atoms with E-state index in [0.29, 0.717) is 18.8 Å². The number of hydrogen-bond acceptors (Lipinski definition) is 5. The number of carbonyl (C=O) groups excluding carboxylic acids is 1. The summed E-state index contributed by atoms with van der Waals surface area (Å²) in [5.74, 6) is 0. The van der Waals surface area contributed by atoms with Gasteiger partial charge in [-0.1, -0.05) is 12.2 Å². The molecule has 0 saturated heterocycles. The predicted molar refractivity (Wildman–Crippen MR) is 76.0 cm³/mol. The Balaban J connectivity index is 4.16. The zero-order valence-corrected chi connectivity index (χ0v) is 12.0. The smallest absolute Gasteiger partial charge is 0.412 e. The topological polar surface area (TPSA) is 85.9 Å². The molecular formula is C13H23N3O3. The van der Waals surface area contributed by atoms with Gasteiger partial charge in [-0.15, -0.1) is 0 Å². The number of methoxy groups -OCH3 is 1. The van der Waals surface area contributed by atoms with E-state index in [4.69, 9.17) is 15.2 Å². The van der Waals surface area contributed by atoms with Crippen molar-refractivity contribution in [1.82, 2.24) is 5.32 Å². The van der Waals surface area contributed by atoms with Crippen LogP contribution in [0.5, 0.6) is 0 Å². The van der Waals surface area contributed by atoms with Gasteiger partial charge in [0.25, 0.3) is 0 Å². The van der Waals surface area contributed by atoms with Crippen LogP contribution in [0.1, 0.15) is 20.8 Å². The molecule has 0 aliphatic heterocycles. The maximum Gasteiger partial charge on any atom is 0.412 e. The van der Waals surface area contributed by atoms with E-state index in [9.17, 15) is 4.79 Å². The van der Waals surface area contributed by atoms with Gasteiger partial charge in [-0.2, -0.15) is 0 Å². The summed E-state index contributed by atoms with van der Waals surface area (Å²) in [7, 11) is 1.62. The quantitative estimate of drug-likeness (QED) is 0.566. The predicted octanol–water partition coefficient (Wildman–Crippen LogP) is 1.58. The van der Waals surface area contributed by atoms with Gasteiger partial charge >= 0.3 is 6.09 Å². The highest BCUT2D eigenvalue weighted by atomic mass is 16.6. The first kappa shape index (κ1) is 17.2. The van der Waals surface area contributed by atoms with Crippen LogP contribution >= 0.6 is 0 Å². The van der Waals surface area contributed by atoms with E-state index < -0.39 is 11.7 Å². The van der Waals surface area contributed by atoms with Crippen LogP contribution in [0, 0.1) is 0 Å². The molecule has 108 valence electrons. The molecule has 0 aliphatic rings. The number of nitrogens with two attached hydrogens (primary N) is 1. The molecule has 0 bridgehead atoms. The molecule has 0 radical (unpaired) electrons. The Morgan fingerprint density at radius 3 is 2.58 bits per heavy atom. The minimum atomic E-state index is -0.564. The Labute approximate surface area is 114 Å². The Kier molecular flexibility index (Phi) is 8.28. The molecule has 3 N–H and O–H groups in total. The van der Waals surface area contributed by atoms with E-state index in [1.807, 2.05) is 12.2 Å². The summed E-state index contributed by atoms with van der Waals surface area (Å²) in [5, 5.41) is 2.50. The van der Waals surface area contributed by atoms with Crippen LogP contribution in [0.25, 0.3) is 0 Å². The highest BCUT2D eigenvalue weighted by Crippen LogP contribution is 2.06. The van der Waals surface area contributed by atoms with E-state index in [0.717, 1.165) is 0 Å². The van der Waals surface area contributed by atoms with Crippen molar-refractivity contribution in [3.05, 3.63) is 24.0 Å². The lowest BCUT2D eigenvalue weighted by molar-refractivity contribution is 0.0549. The van der Waals surface area contributed by atoms with Gasteiger partial charge in [0.2, 0.25) is 0 Å². The average Bonchev–Trinajstić information content (AvgIpc) is 2.29. The van der Waals surface area contributed by atoms with Crippen LogP contribution in [0.4, 0.5) is 4.79 Å². The van der Waals surface area contributed by atoms with E-state index in [1.54, 1.807) is 27.9 Å². The monoisotopic (exact) mass is 269 g/mol. The fraction of sp³-hybridized carbons (Fsp3) is 0.538. The first-order chi connectivity index (χ1) is 8.89. The van der Waals surface area contributed by atoms with Gasteiger partial charge in [-0.05, 0) is 20.8 Å². The molecular weight excluding hydrogens is 246 g/mol. The number of hydrogen-bond donors (Lipinski definition) is 2. The van der Waals surface area contributed by atoms with Gasteiger partial charge in [0.05, 0.1) is 18.8 Å². The van der Waals surface area contributed by atoms with Crippen LogP contribution in [0.3, 0.4) is 0 Å². The molecule has 19 heavy (non-hydrogen) atoms. The SMILES string of the molecule is COC/C=C/CN=C/C(=C\N)NC(=O)OC(C)(C)C. The second-order valence-electron chi connectivity index (χ2n) is 4.67. The lowest BCUT2D eigenvalue weighted by Crippen LogP contribution is -2.32. The lowest BCUT2D eigenvalue weighted by atomic mass is 10.2. The fourth-order valence-corrected chi connectivity index (χ4v) is 0.989. The summed E-state index contributed by atoms with van der Waals surface area (Å²) in [6.07, 6.45) is 5.87. The zero-order valence-electron chi connectivity index (χ0n) is 12.0. The summed E-state index contributed by atoms with van der Waals surface area (Å²) < 4.78 is 9.94. The van der Waals surface area contributed by atoms with Gasteiger partial charge < -0.3 is 15.2 Å². The standard InChI is InChI=1S/C13H23N3O3/c1-13(2,3)19-12(17)16-11(9-14)10-15-7-5-6-8-18-4/h5-6,9-10H,7-8,14H2,1-4H3,(H,16,17)/b6-5+,11-9+,15-10?. The van der Waals surface area contributed by atoms with Crippen LogP contribution in [0.2, 0.25) is 0 Å². The molecule has 0 heterocycles. The van der Waals surface area contributed by atoms with Crippen molar-refractivity contribution in [1.29, 1.82) is 0 Å². The summed E-state index contributed by atoms with van der Waals surface area (Å²) in [6.45, 7) is 6.38. The molecule has 0 fully saturated rings. The molecule has 6 heteroatoms. The van der Waals surface area contributed by atoms with Crippen LogP contribution in [0.15, 0.2) is 29.0 Å². The number of rotatable bonds is 6. The molecule has 0 rings (SSSR count). The number of nitrogens with zero attached hydrogens (tertiary/aromatic N) is 1. The summed E-state index contributed by atoms with van der Waals surface area (Å²) in [4.78, 5) is 15.6. The minimum Gasteiger partial charge on any atom is -0.444 e. The van der Waals surface area contributed by atoms with Gasteiger partial charge in [0.15, 0.2) is 0 Å². The van der Waals surface area contributed by atoms with Crippen molar-refractivity contribution in [3.63, 3.8) is 0 Å². The molecule has 0 saturated carbocycles. The lowest BCUT2D eigenvalue weighted by Gasteiger charge is -2.19. The first-order valence-electron chi connectivity index (χ1n) is 5.94. The van der Waals surface area contributed by atoms with E-state index in [2.05, 4.69) is 10.3 Å². The number of allylic oxidation sites excluding steroid dienone is 1. The number of ether oxygens (including phenoxy) is 2. The molecule has 0 aromatic heterocycles. The third kappa shape index (κ3) is 11.0. The zero-order chi connectivity index (χ0) is 14.7. The van der Waals surface area contributed by atoms with Gasteiger partial charge in [-0.25, -0.2) is 4.79 Å². The molecule has 0 aromatic rings. The Morgan fingerprint density at radius 1 is 1.37 bits per heavy atom. The highest BCUT2D eigenvalue weighted by Gasteiger charge is 2.16. The Bertz CT molecular complexity index is 355. The third-order valence-electron chi connectivity index (χ3n) is 1.70. The van der Waals surface area contributed by atoms with Crippen molar-refractivity contribution < 1.29 is 14.3 Å². The second kappa shape index (κ2) is 9.16. The number of amides is 1. The van der Waals surface area contributed by atoms with Gasteiger partial charge in [-0.3, -0.25) is 10.3 Å². The third-order valence-corrected chi connectivity index (χ3v) is 1.70. The Morgan fingerprint density at radius 2 is 2.05 bits per heavy atom. The van der Waals surface area contributed by atoms with Crippen molar-refractivity contribution in [2.75, 3.05) is 20.3 Å². The first-order valence-corrected chi connectivity index (χ1v) is 5.94. The van der Waals surface area contributed by atoms with Gasteiger partial charge in [0, 0.05) is 19.5 Å². The maximum atomic E-state index is 11.5. The number of aliphatic imine (C=N–C) groups is 1.